The van der Waals surface area contributed by atoms with Crippen molar-refractivity contribution in [1.82, 2.24) is 15.1 Å². The summed E-state index contributed by atoms with van der Waals surface area (Å²) in [6, 6.07) is 0.719. The average molecular weight is 298 g/mol. The van der Waals surface area contributed by atoms with E-state index in [4.69, 9.17) is 0 Å². The molecule has 1 aliphatic carbocycles. The fourth-order valence-electron chi connectivity index (χ4n) is 4.00. The molecule has 0 bridgehead atoms. The summed E-state index contributed by atoms with van der Waals surface area (Å²) in [4.78, 5) is 4.96. The number of rotatable bonds is 9. The summed E-state index contributed by atoms with van der Waals surface area (Å²) in [6.07, 6.45) is 4.05. The van der Waals surface area contributed by atoms with E-state index in [1.165, 1.54) is 45.4 Å². The predicted octanol–water partition coefficient (Wildman–Crippen LogP) is 2.92. The molecule has 3 nitrogen and oxygen atoms in total. The highest BCUT2D eigenvalue weighted by atomic mass is 15.1. The molecule has 3 heteroatoms. The second kappa shape index (κ2) is 9.81. The minimum absolute atomic E-state index is 0.719. The van der Waals surface area contributed by atoms with Crippen LogP contribution in [0.15, 0.2) is 0 Å². The fraction of sp³-hybridized carbons (Fsp3) is 1.00. The van der Waals surface area contributed by atoms with Gasteiger partial charge in [0.1, 0.15) is 0 Å². The van der Waals surface area contributed by atoms with Crippen molar-refractivity contribution >= 4 is 0 Å². The normalized spacial score (nSPS) is 30.3. The van der Waals surface area contributed by atoms with Crippen LogP contribution < -0.4 is 5.32 Å². The Bertz CT molecular complexity index is 267. The second-order valence-electron chi connectivity index (χ2n) is 7.43. The minimum atomic E-state index is 0.719. The third kappa shape index (κ3) is 6.66. The van der Waals surface area contributed by atoms with E-state index in [-0.39, 0.29) is 0 Å². The van der Waals surface area contributed by atoms with Crippen molar-refractivity contribution in [3.63, 3.8) is 0 Å². The first-order valence-electron chi connectivity index (χ1n) is 9.08. The van der Waals surface area contributed by atoms with Crippen LogP contribution in [0.2, 0.25) is 0 Å². The zero-order valence-corrected chi connectivity index (χ0v) is 15.4. The topological polar surface area (TPSA) is 18.5 Å². The van der Waals surface area contributed by atoms with E-state index in [1.807, 2.05) is 0 Å². The Morgan fingerprint density at radius 3 is 2.33 bits per heavy atom. The van der Waals surface area contributed by atoms with Crippen LogP contribution in [0.4, 0.5) is 0 Å². The Hall–Kier alpha value is -0.120. The van der Waals surface area contributed by atoms with Gasteiger partial charge < -0.3 is 15.1 Å². The molecule has 4 atom stereocenters. The van der Waals surface area contributed by atoms with Gasteiger partial charge in [-0.3, -0.25) is 0 Å². The Morgan fingerprint density at radius 2 is 1.76 bits per heavy atom. The summed E-state index contributed by atoms with van der Waals surface area (Å²) in [5.74, 6) is 2.55. The van der Waals surface area contributed by atoms with Gasteiger partial charge in [-0.1, -0.05) is 27.7 Å². The van der Waals surface area contributed by atoms with E-state index >= 15 is 0 Å². The summed E-state index contributed by atoms with van der Waals surface area (Å²) in [5, 5.41) is 3.76. The van der Waals surface area contributed by atoms with Crippen molar-refractivity contribution in [3.8, 4) is 0 Å². The first-order chi connectivity index (χ1) is 9.97. The van der Waals surface area contributed by atoms with Crippen molar-refractivity contribution in [3.05, 3.63) is 0 Å². The first kappa shape index (κ1) is 18.9. The summed E-state index contributed by atoms with van der Waals surface area (Å²) in [5.41, 5.74) is 0. The monoisotopic (exact) mass is 297 g/mol. The molecule has 0 aromatic carbocycles. The highest BCUT2D eigenvalue weighted by Gasteiger charge is 2.34. The smallest absolute Gasteiger partial charge is 0.0112 e. The second-order valence-corrected chi connectivity index (χ2v) is 7.43. The van der Waals surface area contributed by atoms with Crippen molar-refractivity contribution in [2.24, 2.45) is 17.8 Å². The zero-order chi connectivity index (χ0) is 15.8. The predicted molar refractivity (Wildman–Crippen MR) is 93.8 cm³/mol. The third-order valence-electron chi connectivity index (χ3n) is 5.14. The molecule has 0 aromatic heterocycles. The molecule has 0 spiro atoms. The van der Waals surface area contributed by atoms with Crippen LogP contribution in [0.25, 0.3) is 0 Å². The molecule has 0 heterocycles. The van der Waals surface area contributed by atoms with Crippen molar-refractivity contribution in [1.29, 1.82) is 0 Å². The fourth-order valence-corrected chi connectivity index (χ4v) is 4.00. The molecule has 0 radical (unpaired) electrons. The lowest BCUT2D eigenvalue weighted by atomic mass is 9.72. The molecule has 0 aromatic rings. The van der Waals surface area contributed by atoms with Crippen molar-refractivity contribution in [2.45, 2.75) is 53.0 Å². The van der Waals surface area contributed by atoms with Crippen LogP contribution in [0.3, 0.4) is 0 Å². The largest absolute Gasteiger partial charge is 0.314 e. The van der Waals surface area contributed by atoms with Gasteiger partial charge in [0, 0.05) is 12.6 Å². The first-order valence-corrected chi connectivity index (χ1v) is 9.08. The summed E-state index contributed by atoms with van der Waals surface area (Å²) in [6.45, 7) is 15.5. The van der Waals surface area contributed by atoms with Crippen LogP contribution >= 0.6 is 0 Å². The quantitative estimate of drug-likeness (QED) is 0.706. The average Bonchev–Trinajstić information content (AvgIpc) is 2.40. The number of hydrogen-bond acceptors (Lipinski definition) is 3. The van der Waals surface area contributed by atoms with Gasteiger partial charge in [0.15, 0.2) is 0 Å². The van der Waals surface area contributed by atoms with Crippen molar-refractivity contribution < 1.29 is 0 Å². The van der Waals surface area contributed by atoms with E-state index in [9.17, 15) is 0 Å². The zero-order valence-electron chi connectivity index (χ0n) is 15.4. The van der Waals surface area contributed by atoms with Gasteiger partial charge >= 0.3 is 0 Å². The SMILES string of the molecule is CCNC1CC(C)CC(C)C1CN(CC)CCCN(C)C. The molecule has 0 saturated heterocycles. The summed E-state index contributed by atoms with van der Waals surface area (Å²) in [7, 11) is 4.34. The molecule has 21 heavy (non-hydrogen) atoms. The Labute approximate surface area is 133 Å². The standard InChI is InChI=1S/C18H39N3/c1-7-19-18-13-15(3)12-16(4)17(18)14-21(8-2)11-9-10-20(5)6/h15-19H,7-14H2,1-6H3. The van der Waals surface area contributed by atoms with Gasteiger partial charge in [-0.25, -0.2) is 0 Å². The lowest BCUT2D eigenvalue weighted by molar-refractivity contribution is 0.102. The van der Waals surface area contributed by atoms with E-state index in [0.29, 0.717) is 0 Å². The summed E-state index contributed by atoms with van der Waals surface area (Å²) < 4.78 is 0. The van der Waals surface area contributed by atoms with E-state index < -0.39 is 0 Å². The maximum atomic E-state index is 3.76. The van der Waals surface area contributed by atoms with Gasteiger partial charge in [0.25, 0.3) is 0 Å². The van der Waals surface area contributed by atoms with Crippen LogP contribution in [0.1, 0.15) is 47.0 Å². The molecule has 1 saturated carbocycles. The van der Waals surface area contributed by atoms with E-state index in [2.05, 4.69) is 56.9 Å². The third-order valence-corrected chi connectivity index (χ3v) is 5.14. The maximum Gasteiger partial charge on any atom is 0.0112 e. The molecule has 1 fully saturated rings. The molecule has 1 N–H and O–H groups in total. The molecule has 1 rings (SSSR count). The number of hydrogen-bond donors (Lipinski definition) is 1. The molecule has 0 aliphatic heterocycles. The highest BCUT2D eigenvalue weighted by Crippen LogP contribution is 2.34. The van der Waals surface area contributed by atoms with Crippen molar-refractivity contribution in [2.75, 3.05) is 46.8 Å². The molecular formula is C18H39N3. The lowest BCUT2D eigenvalue weighted by Gasteiger charge is -2.42. The van der Waals surface area contributed by atoms with Crippen LogP contribution in [-0.2, 0) is 0 Å². The van der Waals surface area contributed by atoms with Crippen LogP contribution in [0.5, 0.6) is 0 Å². The lowest BCUT2D eigenvalue weighted by Crippen LogP contribution is -2.49. The van der Waals surface area contributed by atoms with Crippen LogP contribution in [0, 0.1) is 17.8 Å². The Morgan fingerprint density at radius 1 is 1.05 bits per heavy atom. The summed E-state index contributed by atoms with van der Waals surface area (Å²) >= 11 is 0. The van der Waals surface area contributed by atoms with E-state index in [1.54, 1.807) is 0 Å². The van der Waals surface area contributed by atoms with Crippen LogP contribution in [-0.4, -0.2) is 62.7 Å². The molecule has 1 aliphatic rings. The molecular weight excluding hydrogens is 258 g/mol. The highest BCUT2D eigenvalue weighted by molar-refractivity contribution is 4.89. The van der Waals surface area contributed by atoms with Gasteiger partial charge in [-0.2, -0.15) is 0 Å². The minimum Gasteiger partial charge on any atom is -0.314 e. The number of nitrogens with zero attached hydrogens (tertiary/aromatic N) is 2. The van der Waals surface area contributed by atoms with Gasteiger partial charge in [0.05, 0.1) is 0 Å². The molecule has 126 valence electrons. The van der Waals surface area contributed by atoms with Gasteiger partial charge in [-0.15, -0.1) is 0 Å². The van der Waals surface area contributed by atoms with E-state index in [0.717, 1.165) is 30.3 Å². The van der Waals surface area contributed by atoms with Gasteiger partial charge in [0.2, 0.25) is 0 Å². The maximum absolute atomic E-state index is 3.76. The Kier molecular flexibility index (Phi) is 8.84. The molecule has 0 amide bonds. The molecule has 4 unspecified atom stereocenters. The van der Waals surface area contributed by atoms with Gasteiger partial charge in [-0.05, 0) is 77.3 Å². The Balaban J connectivity index is 2.53. The number of nitrogens with one attached hydrogen (secondary N) is 1.